The van der Waals surface area contributed by atoms with Crippen molar-refractivity contribution in [2.45, 2.75) is 25.8 Å². The van der Waals surface area contributed by atoms with Crippen LogP contribution in [0.4, 0.5) is 5.69 Å². The van der Waals surface area contributed by atoms with Crippen molar-refractivity contribution < 1.29 is 4.79 Å². The molecule has 1 aliphatic carbocycles. The van der Waals surface area contributed by atoms with E-state index in [9.17, 15) is 4.79 Å². The van der Waals surface area contributed by atoms with Crippen molar-refractivity contribution in [3.05, 3.63) is 27.5 Å². The van der Waals surface area contributed by atoms with Crippen LogP contribution in [-0.2, 0) is 0 Å². The van der Waals surface area contributed by atoms with Crippen LogP contribution in [0.5, 0.6) is 0 Å². The summed E-state index contributed by atoms with van der Waals surface area (Å²) in [6.45, 7) is 2.16. The summed E-state index contributed by atoms with van der Waals surface area (Å²) in [6, 6.07) is 6.33. The molecule has 1 saturated carbocycles. The molecule has 0 bridgehead atoms. The number of nitrogens with one attached hydrogen (secondary N) is 2. The molecular weight excluding hydrogens is 379 g/mol. The van der Waals surface area contributed by atoms with Crippen molar-refractivity contribution in [1.29, 1.82) is 0 Å². The lowest BCUT2D eigenvalue weighted by Gasteiger charge is -2.18. The lowest BCUT2D eigenvalue weighted by Crippen LogP contribution is -2.25. The molecule has 1 heterocycles. The van der Waals surface area contributed by atoms with Crippen LogP contribution in [0, 0.1) is 9.49 Å². The van der Waals surface area contributed by atoms with Gasteiger partial charge in [-0.05, 0) is 66.5 Å². The van der Waals surface area contributed by atoms with E-state index in [1.807, 2.05) is 18.2 Å². The van der Waals surface area contributed by atoms with Gasteiger partial charge >= 0.3 is 0 Å². The van der Waals surface area contributed by atoms with Crippen LogP contribution in [0.2, 0.25) is 0 Å². The summed E-state index contributed by atoms with van der Waals surface area (Å²) < 4.78 is 1.10. The number of nitrogens with zero attached hydrogens (tertiary/aromatic N) is 2. The zero-order valence-electron chi connectivity index (χ0n) is 12.0. The number of hydrogen-bond acceptors (Lipinski definition) is 4. The van der Waals surface area contributed by atoms with E-state index in [0.29, 0.717) is 17.7 Å². The van der Waals surface area contributed by atoms with E-state index >= 15 is 0 Å². The molecule has 5 nitrogen and oxygen atoms in total. The zero-order chi connectivity index (χ0) is 15.0. The smallest absolute Gasteiger partial charge is 0.273 e. The maximum absolute atomic E-state index is 12.1. The number of aromatic nitrogens is 2. The van der Waals surface area contributed by atoms with Gasteiger partial charge in [-0.25, -0.2) is 0 Å². The highest BCUT2D eigenvalue weighted by molar-refractivity contribution is 14.1. The molecule has 0 saturated heterocycles. The summed E-state index contributed by atoms with van der Waals surface area (Å²) in [7, 11) is 1.61. The fourth-order valence-corrected chi connectivity index (χ4v) is 2.92. The molecular formula is C15H17IN4O. The minimum Gasteiger partial charge on any atom is -0.380 e. The van der Waals surface area contributed by atoms with Gasteiger partial charge in [0, 0.05) is 22.0 Å². The molecule has 21 heavy (non-hydrogen) atoms. The summed E-state index contributed by atoms with van der Waals surface area (Å²) in [5.74, 6) is 0.475. The molecule has 0 aliphatic heterocycles. The van der Waals surface area contributed by atoms with Crippen LogP contribution in [0.15, 0.2) is 18.2 Å². The first-order valence-corrected chi connectivity index (χ1v) is 8.12. The molecule has 1 amide bonds. The fourth-order valence-electron chi connectivity index (χ4n) is 2.45. The predicted octanol–water partition coefficient (Wildman–Crippen LogP) is 2.80. The van der Waals surface area contributed by atoms with Crippen LogP contribution in [0.3, 0.4) is 0 Å². The van der Waals surface area contributed by atoms with Gasteiger partial charge in [-0.2, -0.15) is 0 Å². The highest BCUT2D eigenvalue weighted by Crippen LogP contribution is 2.35. The molecule has 0 radical (unpaired) electrons. The topological polar surface area (TPSA) is 66.9 Å². The average Bonchev–Trinajstić information content (AvgIpc) is 3.31. The van der Waals surface area contributed by atoms with Crippen molar-refractivity contribution in [3.8, 4) is 0 Å². The molecule has 2 N–H and O–H groups in total. The SMILES string of the molecule is CNC(=O)c1nnc2cc(I)ccc2c1N[C@H](C)C1CC1. The summed E-state index contributed by atoms with van der Waals surface area (Å²) in [4.78, 5) is 12.1. The Hall–Kier alpha value is -1.44. The number of rotatable bonds is 4. The molecule has 1 atom stereocenters. The Bertz CT molecular complexity index is 699. The van der Waals surface area contributed by atoms with Gasteiger partial charge in [0.15, 0.2) is 5.69 Å². The third-order valence-corrected chi connectivity index (χ3v) is 4.54. The zero-order valence-corrected chi connectivity index (χ0v) is 14.1. The number of fused-ring (bicyclic) bond motifs is 1. The van der Waals surface area contributed by atoms with E-state index in [1.54, 1.807) is 7.05 Å². The van der Waals surface area contributed by atoms with Gasteiger partial charge in [-0.15, -0.1) is 10.2 Å². The highest BCUT2D eigenvalue weighted by atomic mass is 127. The third kappa shape index (κ3) is 2.95. The van der Waals surface area contributed by atoms with Crippen molar-refractivity contribution in [1.82, 2.24) is 15.5 Å². The van der Waals surface area contributed by atoms with Crippen LogP contribution in [-0.4, -0.2) is 29.2 Å². The van der Waals surface area contributed by atoms with Gasteiger partial charge in [-0.3, -0.25) is 4.79 Å². The van der Waals surface area contributed by atoms with E-state index in [4.69, 9.17) is 0 Å². The third-order valence-electron chi connectivity index (χ3n) is 3.87. The van der Waals surface area contributed by atoms with Crippen LogP contribution >= 0.6 is 22.6 Å². The molecule has 2 aromatic rings. The first-order valence-electron chi connectivity index (χ1n) is 7.04. The maximum atomic E-state index is 12.1. The van der Waals surface area contributed by atoms with Gasteiger partial charge in [0.2, 0.25) is 0 Å². The number of hydrogen-bond donors (Lipinski definition) is 2. The summed E-state index contributed by atoms with van der Waals surface area (Å²) in [5, 5.41) is 15.4. The summed E-state index contributed by atoms with van der Waals surface area (Å²) in [5.41, 5.74) is 1.95. The Morgan fingerprint density at radius 2 is 2.14 bits per heavy atom. The Balaban J connectivity index is 2.11. The number of anilines is 1. The lowest BCUT2D eigenvalue weighted by molar-refractivity contribution is 0.0958. The first kappa shape index (κ1) is 14.5. The molecule has 0 unspecified atom stereocenters. The second-order valence-electron chi connectivity index (χ2n) is 5.43. The maximum Gasteiger partial charge on any atom is 0.273 e. The molecule has 1 aromatic carbocycles. The minimum atomic E-state index is -0.214. The van der Waals surface area contributed by atoms with Crippen LogP contribution in [0.1, 0.15) is 30.3 Å². The lowest BCUT2D eigenvalue weighted by atomic mass is 10.1. The Kier molecular flexibility index (Phi) is 3.97. The number of carbonyl (C=O) groups is 1. The van der Waals surface area contributed by atoms with Gasteiger partial charge in [-0.1, -0.05) is 0 Å². The number of benzene rings is 1. The van der Waals surface area contributed by atoms with E-state index in [1.165, 1.54) is 12.8 Å². The van der Waals surface area contributed by atoms with Gasteiger partial charge in [0.05, 0.1) is 11.2 Å². The Labute approximate surface area is 137 Å². The van der Waals surface area contributed by atoms with Crippen molar-refractivity contribution in [3.63, 3.8) is 0 Å². The largest absolute Gasteiger partial charge is 0.380 e. The molecule has 1 aromatic heterocycles. The van der Waals surface area contributed by atoms with Crippen molar-refractivity contribution in [2.75, 3.05) is 12.4 Å². The second kappa shape index (κ2) is 5.75. The van der Waals surface area contributed by atoms with Crippen LogP contribution < -0.4 is 10.6 Å². The Morgan fingerprint density at radius 1 is 1.38 bits per heavy atom. The quantitative estimate of drug-likeness (QED) is 0.781. The predicted molar refractivity (Wildman–Crippen MR) is 91.5 cm³/mol. The number of carbonyl (C=O) groups excluding carboxylic acids is 1. The molecule has 1 fully saturated rings. The van der Waals surface area contributed by atoms with Crippen LogP contribution in [0.25, 0.3) is 10.9 Å². The van der Waals surface area contributed by atoms with E-state index in [-0.39, 0.29) is 5.91 Å². The number of amides is 1. The highest BCUT2D eigenvalue weighted by Gasteiger charge is 2.29. The minimum absolute atomic E-state index is 0.214. The van der Waals surface area contributed by atoms with E-state index in [0.717, 1.165) is 20.2 Å². The van der Waals surface area contributed by atoms with E-state index in [2.05, 4.69) is 50.3 Å². The molecule has 1 aliphatic rings. The monoisotopic (exact) mass is 396 g/mol. The first-order chi connectivity index (χ1) is 10.1. The van der Waals surface area contributed by atoms with Crippen molar-refractivity contribution >= 4 is 45.1 Å². The van der Waals surface area contributed by atoms with Gasteiger partial charge in [0.25, 0.3) is 5.91 Å². The normalized spacial score (nSPS) is 15.8. The Morgan fingerprint density at radius 3 is 2.81 bits per heavy atom. The number of halogens is 1. The van der Waals surface area contributed by atoms with E-state index < -0.39 is 0 Å². The average molecular weight is 396 g/mol. The second-order valence-corrected chi connectivity index (χ2v) is 6.68. The summed E-state index contributed by atoms with van der Waals surface area (Å²) in [6.07, 6.45) is 2.50. The molecule has 110 valence electrons. The molecule has 6 heteroatoms. The molecule has 0 spiro atoms. The van der Waals surface area contributed by atoms with Gasteiger partial charge in [0.1, 0.15) is 0 Å². The molecule has 3 rings (SSSR count). The van der Waals surface area contributed by atoms with Crippen molar-refractivity contribution in [2.24, 2.45) is 5.92 Å². The van der Waals surface area contributed by atoms with Gasteiger partial charge < -0.3 is 10.6 Å². The summed E-state index contributed by atoms with van der Waals surface area (Å²) >= 11 is 2.25. The standard InChI is InChI=1S/C15H17IN4O/c1-8(9-3-4-9)18-13-11-6-5-10(16)7-12(11)19-20-14(13)15(21)17-2/h5-9H,3-4H2,1-2H3,(H,17,21)(H,18,19)/t8-/m1/s1. The fraction of sp³-hybridized carbons (Fsp3) is 0.400.